The molecule has 2 rings (SSSR count). The van der Waals surface area contributed by atoms with Crippen molar-refractivity contribution in [3.8, 4) is 0 Å². The highest BCUT2D eigenvalue weighted by atomic mass is 19.4. The van der Waals surface area contributed by atoms with E-state index < -0.39 is 150 Å². The van der Waals surface area contributed by atoms with Crippen LogP contribution in [-0.4, -0.2) is 224 Å². The minimum absolute atomic E-state index is 0.0310. The van der Waals surface area contributed by atoms with Crippen LogP contribution in [0, 0.1) is 34.5 Å². The maximum absolute atomic E-state index is 13.5. The summed E-state index contributed by atoms with van der Waals surface area (Å²) >= 11 is 0. The summed E-state index contributed by atoms with van der Waals surface area (Å²) in [6.45, 7) is 53.7. The van der Waals surface area contributed by atoms with Crippen molar-refractivity contribution in [3.05, 3.63) is 212 Å². The third kappa shape index (κ3) is 47.0. The zero-order valence-electron chi connectivity index (χ0n) is 74.6. The van der Waals surface area contributed by atoms with Gasteiger partial charge in [-0.3, -0.25) is 0 Å². The molecule has 0 saturated heterocycles. The fraction of sp³-hybridized carbons (Fsp3) is 0.478. The first-order valence-corrected chi connectivity index (χ1v) is 39.2. The summed E-state index contributed by atoms with van der Waals surface area (Å²) in [5.74, 6) is -58.9. The zero-order chi connectivity index (χ0) is 105. The van der Waals surface area contributed by atoms with Gasteiger partial charge in [0.1, 0.15) is 63.2 Å². The van der Waals surface area contributed by atoms with E-state index in [-0.39, 0.29) is 88.0 Å². The summed E-state index contributed by atoms with van der Waals surface area (Å²) in [5, 5.41) is 0. The number of hydrogen-bond acceptors (Lipinski definition) is 28. The molecule has 0 aliphatic heterocycles. The monoisotopic (exact) mass is 1940 g/mol. The number of esters is 13. The number of carbonyl (C=O) groups excluding carboxylic acids is 13. The molecule has 2 saturated carbocycles. The predicted molar refractivity (Wildman–Crippen MR) is 450 cm³/mol. The lowest BCUT2D eigenvalue weighted by atomic mass is 9.83. The van der Waals surface area contributed by atoms with E-state index in [1.54, 1.807) is 13.8 Å². The molecule has 0 aromatic carbocycles. The molecule has 0 aromatic rings. The van der Waals surface area contributed by atoms with Crippen LogP contribution >= 0.6 is 0 Å². The van der Waals surface area contributed by atoms with Gasteiger partial charge in [0.15, 0.2) is 26.4 Å². The summed E-state index contributed by atoms with van der Waals surface area (Å²) in [5.41, 5.74) is -2.03. The summed E-state index contributed by atoms with van der Waals surface area (Å²) < 4.78 is 284. The van der Waals surface area contributed by atoms with Crippen molar-refractivity contribution in [2.24, 2.45) is 34.5 Å². The number of alkyl halides is 16. The number of allylic oxidation sites excluding steroid dienone is 2. The van der Waals surface area contributed by atoms with Crippen LogP contribution in [0.15, 0.2) is 212 Å². The molecule has 2 aliphatic rings. The van der Waals surface area contributed by atoms with Crippen LogP contribution in [-0.2, 0) is 133 Å². The second-order valence-corrected chi connectivity index (χ2v) is 29.0. The van der Waals surface area contributed by atoms with Crippen molar-refractivity contribution in [1.29, 1.82) is 0 Å². The SMILES string of the molecule is C=C(C)C(=O)OCC(F)(F)C(F)(F)C(F)(F)C(F)(F)COC(=O)C(=C)C.C=C(C)C(=O)OCC1CCC(COC(=O)C(=C)C)CC1.C=CC(=C)OCC(CC)(COC(=O)C=C)COC(=O)C=C.C=CC(=C)OCC(COC(=O)C=C)(COC(=O)C=C)COC(=O)C=C.C=CC(=O)OCC(F)(F)C(F)(F)C(F)(F)C(F)(F)COC(=O)C=C.C=CC(=O)OCC1CCC(COC(=O)C=C)CC1. The van der Waals surface area contributed by atoms with E-state index in [1.807, 2.05) is 6.92 Å². The third-order valence-electron chi connectivity index (χ3n) is 17.8. The Hall–Kier alpha value is -12.8. The lowest BCUT2D eigenvalue weighted by Gasteiger charge is -2.36. The van der Waals surface area contributed by atoms with Crippen LogP contribution in [0.5, 0.6) is 0 Å². The molecule has 0 heterocycles. The molecule has 0 atom stereocenters. The van der Waals surface area contributed by atoms with Gasteiger partial charge in [0, 0.05) is 77.0 Å². The highest BCUT2D eigenvalue weighted by Gasteiger charge is 2.82. The molecule has 0 aromatic heterocycles. The lowest BCUT2D eigenvalue weighted by Crippen LogP contribution is -2.64. The Bertz CT molecular complexity index is 3820. The van der Waals surface area contributed by atoms with Crippen molar-refractivity contribution in [2.75, 3.05) is 99.1 Å². The van der Waals surface area contributed by atoms with Crippen LogP contribution in [0.25, 0.3) is 0 Å². The Balaban J connectivity index is -0.000000759. The number of hydrogen-bond donors (Lipinski definition) is 0. The maximum atomic E-state index is 13.5. The van der Waals surface area contributed by atoms with Crippen molar-refractivity contribution in [2.45, 2.75) is 140 Å². The van der Waals surface area contributed by atoms with E-state index in [0.717, 1.165) is 95.6 Å². The van der Waals surface area contributed by atoms with Crippen LogP contribution in [0.4, 0.5) is 70.2 Å². The quantitative estimate of drug-likeness (QED) is 0.0136. The van der Waals surface area contributed by atoms with Gasteiger partial charge in [0.2, 0.25) is 0 Å². The zero-order valence-corrected chi connectivity index (χ0v) is 74.6. The highest BCUT2D eigenvalue weighted by molar-refractivity contribution is 5.89. The maximum Gasteiger partial charge on any atom is 0.381 e. The van der Waals surface area contributed by atoms with Crippen molar-refractivity contribution in [1.82, 2.24) is 0 Å². The Kier molecular flexibility index (Phi) is 58.8. The second kappa shape index (κ2) is 61.8. The molecule has 2 aliphatic carbocycles. The van der Waals surface area contributed by atoms with Crippen LogP contribution in [0.3, 0.4) is 0 Å². The Morgan fingerprint density at radius 1 is 0.231 bits per heavy atom. The number of halogens is 16. The Morgan fingerprint density at radius 3 is 0.575 bits per heavy atom. The van der Waals surface area contributed by atoms with E-state index in [0.29, 0.717) is 73.4 Å². The molecule has 2 fully saturated rings. The van der Waals surface area contributed by atoms with Crippen molar-refractivity contribution >= 4 is 77.6 Å². The molecule has 0 radical (unpaired) electrons. The Morgan fingerprint density at radius 2 is 0.388 bits per heavy atom. The summed E-state index contributed by atoms with van der Waals surface area (Å²) in [6.07, 6.45) is 19.3. The number of rotatable bonds is 54. The molecule has 0 unspecified atom stereocenters. The van der Waals surface area contributed by atoms with Gasteiger partial charge in [-0.2, -0.15) is 70.2 Å². The minimum Gasteiger partial charge on any atom is -0.493 e. The fourth-order valence-corrected chi connectivity index (χ4v) is 9.27. The first kappa shape index (κ1) is 127. The Labute approximate surface area is 764 Å². The van der Waals surface area contributed by atoms with Gasteiger partial charge in [-0.15, -0.1) is 0 Å². The summed E-state index contributed by atoms with van der Waals surface area (Å²) in [4.78, 5) is 144. The normalized spacial score (nSPS) is 14.7. The van der Waals surface area contributed by atoms with Crippen LogP contribution in [0.2, 0.25) is 0 Å². The smallest absolute Gasteiger partial charge is 0.381 e. The average Bonchev–Trinajstić information content (AvgIpc) is 0.743. The molecule has 0 amide bonds. The number of ether oxygens (including phenoxy) is 15. The largest absolute Gasteiger partial charge is 0.493 e. The topological polar surface area (TPSA) is 360 Å². The van der Waals surface area contributed by atoms with Gasteiger partial charge >= 0.3 is 125 Å². The fourth-order valence-electron chi connectivity index (χ4n) is 9.27. The molecule has 0 spiro atoms. The van der Waals surface area contributed by atoms with E-state index in [4.69, 9.17) is 52.1 Å². The molecule has 0 N–H and O–H groups in total. The summed E-state index contributed by atoms with van der Waals surface area (Å²) in [6, 6.07) is 0. The molecular weight excluding hydrogens is 1830 g/mol. The molecule has 134 heavy (non-hydrogen) atoms. The van der Waals surface area contributed by atoms with Crippen molar-refractivity contribution in [3.63, 3.8) is 0 Å². The van der Waals surface area contributed by atoms with E-state index >= 15 is 0 Å². The first-order chi connectivity index (χ1) is 61.9. The van der Waals surface area contributed by atoms with E-state index in [1.165, 1.54) is 24.3 Å². The van der Waals surface area contributed by atoms with Gasteiger partial charge < -0.3 is 71.1 Å². The van der Waals surface area contributed by atoms with Crippen LogP contribution < -0.4 is 0 Å². The number of carbonyl (C=O) groups is 13. The standard InChI is InChI=1S/C18H22O7.C16H22O5.C16H24O4.C14H14F8O4.C14H20O4.C12H10F8O4/c1-6-14(5)22-10-18(11-23-15(19)7-2,12-24-16(20)8-3)13-25-17(21)9-4;1-6-13(5)19-10-16(9-4,11-20-14(17)7-2)12-21-15(18)8-3;1-11(2)15(17)19-9-13-5-7-14(8-6-13)10-20-16(18)12(3)4;1-7(2)9(23)25-5-11(15,16)13(19,20)14(21,22)12(17,18)6-26-10(24)8(3)4;1-3-13(15)17-9-11-5-7-12(8-6-11)10-18-14(16)4-2;1-3-7(21)23-5-9(13,14)11(17,18)12(19,20)10(15,16)6-24-8(22)4-2/h6-9H,1-5,10-13H2;6-8H,1-3,5,9-12H2,4H3;13-14H,1,3,5-10H2,2,4H3;1,3,5-6H2,2,4H3;3-4,11-12H,1-2,5-10H2;3-4H,1-2,5-6H2. The van der Waals surface area contributed by atoms with Gasteiger partial charge in [0.05, 0.1) is 31.8 Å². The van der Waals surface area contributed by atoms with Gasteiger partial charge in [-0.1, -0.05) is 119 Å². The molecule has 28 nitrogen and oxygen atoms in total. The second-order valence-electron chi connectivity index (χ2n) is 29.0. The van der Waals surface area contributed by atoms with Crippen LogP contribution in [0.1, 0.15) is 92.4 Å². The van der Waals surface area contributed by atoms with E-state index in [9.17, 15) is 133 Å². The van der Waals surface area contributed by atoms with Gasteiger partial charge in [-0.05, 0) is 121 Å². The molecular formula is C90H112F16O28. The van der Waals surface area contributed by atoms with E-state index in [2.05, 4.69) is 131 Å². The van der Waals surface area contributed by atoms with Gasteiger partial charge in [0.25, 0.3) is 0 Å². The molecule has 752 valence electrons. The summed E-state index contributed by atoms with van der Waals surface area (Å²) in [7, 11) is 0. The van der Waals surface area contributed by atoms with Gasteiger partial charge in [-0.25, -0.2) is 62.3 Å². The minimum atomic E-state index is -6.66. The highest BCUT2D eigenvalue weighted by Crippen LogP contribution is 2.54. The third-order valence-corrected chi connectivity index (χ3v) is 17.8. The lowest BCUT2D eigenvalue weighted by molar-refractivity contribution is -0.374. The molecule has 44 heteroatoms. The average molecular weight is 1950 g/mol. The van der Waals surface area contributed by atoms with Crippen molar-refractivity contribution < 1.29 is 204 Å². The first-order valence-electron chi connectivity index (χ1n) is 39.2. The molecule has 0 bridgehead atoms. The predicted octanol–water partition coefficient (Wildman–Crippen LogP) is 16.5.